The minimum absolute atomic E-state index is 0.254. The van der Waals surface area contributed by atoms with Crippen LogP contribution in [-0.4, -0.2) is 36.5 Å². The first-order chi connectivity index (χ1) is 13.5. The van der Waals surface area contributed by atoms with Crippen LogP contribution in [0.1, 0.15) is 16.1 Å². The van der Waals surface area contributed by atoms with Crippen LogP contribution in [0.4, 0.5) is 0 Å². The van der Waals surface area contributed by atoms with Crippen molar-refractivity contribution >= 4 is 35.3 Å². The van der Waals surface area contributed by atoms with Gasteiger partial charge in [-0.1, -0.05) is 29.3 Å². The topological polar surface area (TPSA) is 88.6 Å². The molecule has 0 saturated heterocycles. The van der Waals surface area contributed by atoms with E-state index >= 15 is 0 Å². The maximum atomic E-state index is 12.2. The number of H-pyrrole nitrogens is 1. The highest BCUT2D eigenvalue weighted by atomic mass is 35.5. The molecule has 9 heteroatoms. The Hall–Kier alpha value is -3.03. The van der Waals surface area contributed by atoms with Crippen LogP contribution < -0.4 is 14.9 Å². The van der Waals surface area contributed by atoms with Crippen molar-refractivity contribution in [2.45, 2.75) is 0 Å². The number of rotatable bonds is 6. The SMILES string of the molecule is COc1ccc(-c2cc(C(=O)NN=Cc3ccc(Cl)cc3Cl)[nH]n2)cc1OC. The van der Waals surface area contributed by atoms with Gasteiger partial charge in [0.15, 0.2) is 11.5 Å². The van der Waals surface area contributed by atoms with Crippen LogP contribution in [0.25, 0.3) is 11.3 Å². The Balaban J connectivity index is 1.71. The summed E-state index contributed by atoms with van der Waals surface area (Å²) >= 11 is 11.9. The number of aromatic nitrogens is 2. The number of halogens is 2. The van der Waals surface area contributed by atoms with Gasteiger partial charge >= 0.3 is 0 Å². The van der Waals surface area contributed by atoms with Gasteiger partial charge in [0.2, 0.25) is 0 Å². The van der Waals surface area contributed by atoms with Crippen LogP contribution in [0.2, 0.25) is 10.0 Å². The first kappa shape index (κ1) is 19.7. The van der Waals surface area contributed by atoms with Crippen LogP contribution in [0, 0.1) is 0 Å². The van der Waals surface area contributed by atoms with E-state index in [9.17, 15) is 4.79 Å². The molecule has 0 saturated carbocycles. The van der Waals surface area contributed by atoms with Gasteiger partial charge in [-0.25, -0.2) is 5.43 Å². The van der Waals surface area contributed by atoms with Crippen LogP contribution >= 0.6 is 23.2 Å². The summed E-state index contributed by atoms with van der Waals surface area (Å²) < 4.78 is 10.5. The fraction of sp³-hybridized carbons (Fsp3) is 0.105. The summed E-state index contributed by atoms with van der Waals surface area (Å²) in [6, 6.07) is 11.9. The van der Waals surface area contributed by atoms with Gasteiger partial charge in [0.05, 0.1) is 31.2 Å². The Labute approximate surface area is 171 Å². The van der Waals surface area contributed by atoms with Gasteiger partial charge in [-0.2, -0.15) is 10.2 Å². The number of hydrogen-bond acceptors (Lipinski definition) is 5. The molecule has 0 spiro atoms. The molecule has 144 valence electrons. The van der Waals surface area contributed by atoms with E-state index in [1.54, 1.807) is 50.6 Å². The van der Waals surface area contributed by atoms with E-state index in [0.717, 1.165) is 5.56 Å². The number of aromatic amines is 1. The molecule has 2 N–H and O–H groups in total. The summed E-state index contributed by atoms with van der Waals surface area (Å²) in [5.41, 5.74) is 4.65. The molecule has 3 aromatic rings. The zero-order valence-corrected chi connectivity index (χ0v) is 16.5. The molecule has 1 aromatic heterocycles. The number of carbonyl (C=O) groups is 1. The first-order valence-electron chi connectivity index (χ1n) is 8.08. The lowest BCUT2D eigenvalue weighted by molar-refractivity contribution is 0.0950. The lowest BCUT2D eigenvalue weighted by Gasteiger charge is -2.08. The molecule has 0 bridgehead atoms. The molecule has 28 heavy (non-hydrogen) atoms. The minimum atomic E-state index is -0.444. The second kappa shape index (κ2) is 8.77. The number of carbonyl (C=O) groups excluding carboxylic acids is 1. The standard InChI is InChI=1S/C19H16Cl2N4O3/c1-27-17-6-4-11(7-18(17)28-2)15-9-16(24-23-15)19(26)25-22-10-12-3-5-13(20)8-14(12)21/h3-10H,1-2H3,(H,23,24)(H,25,26). The van der Waals surface area contributed by atoms with E-state index in [1.807, 2.05) is 6.07 Å². The van der Waals surface area contributed by atoms with Crippen LogP contribution in [0.5, 0.6) is 11.5 Å². The lowest BCUT2D eigenvalue weighted by Crippen LogP contribution is -2.18. The van der Waals surface area contributed by atoms with E-state index in [2.05, 4.69) is 20.7 Å². The second-order valence-corrected chi connectivity index (χ2v) is 6.45. The van der Waals surface area contributed by atoms with Crippen LogP contribution in [0.15, 0.2) is 47.6 Å². The van der Waals surface area contributed by atoms with Gasteiger partial charge in [0, 0.05) is 16.1 Å². The minimum Gasteiger partial charge on any atom is -0.493 e. The smallest absolute Gasteiger partial charge is 0.289 e. The molecule has 3 rings (SSSR count). The Morgan fingerprint density at radius 3 is 2.61 bits per heavy atom. The largest absolute Gasteiger partial charge is 0.493 e. The molecular formula is C19H16Cl2N4O3. The van der Waals surface area contributed by atoms with E-state index in [1.165, 1.54) is 6.21 Å². The van der Waals surface area contributed by atoms with Gasteiger partial charge in [-0.15, -0.1) is 0 Å². The molecule has 1 amide bonds. The highest BCUT2D eigenvalue weighted by Gasteiger charge is 2.12. The summed E-state index contributed by atoms with van der Waals surface area (Å²) in [6.45, 7) is 0. The third-order valence-electron chi connectivity index (χ3n) is 3.83. The number of nitrogens with one attached hydrogen (secondary N) is 2. The quantitative estimate of drug-likeness (QED) is 0.464. The van der Waals surface area contributed by atoms with Crippen molar-refractivity contribution in [3.05, 3.63) is 63.8 Å². The highest BCUT2D eigenvalue weighted by Crippen LogP contribution is 2.31. The van der Waals surface area contributed by atoms with E-state index < -0.39 is 5.91 Å². The highest BCUT2D eigenvalue weighted by molar-refractivity contribution is 6.36. The van der Waals surface area contributed by atoms with Gasteiger partial charge in [0.1, 0.15) is 5.69 Å². The molecule has 7 nitrogen and oxygen atoms in total. The number of ether oxygens (including phenoxy) is 2. The molecule has 0 atom stereocenters. The zero-order valence-electron chi connectivity index (χ0n) is 15.0. The molecule has 0 aliphatic carbocycles. The molecule has 0 aliphatic rings. The van der Waals surface area contributed by atoms with Crippen molar-refractivity contribution in [2.24, 2.45) is 5.10 Å². The Morgan fingerprint density at radius 2 is 1.89 bits per heavy atom. The molecular weight excluding hydrogens is 403 g/mol. The van der Waals surface area contributed by atoms with Crippen LogP contribution in [-0.2, 0) is 0 Å². The van der Waals surface area contributed by atoms with Crippen molar-refractivity contribution in [3.63, 3.8) is 0 Å². The Morgan fingerprint density at radius 1 is 1.11 bits per heavy atom. The molecule has 2 aromatic carbocycles. The zero-order chi connectivity index (χ0) is 20.1. The summed E-state index contributed by atoms with van der Waals surface area (Å²) in [6.07, 6.45) is 1.43. The third-order valence-corrected chi connectivity index (χ3v) is 4.40. The average Bonchev–Trinajstić information content (AvgIpc) is 3.19. The first-order valence-corrected chi connectivity index (χ1v) is 8.83. The second-order valence-electron chi connectivity index (χ2n) is 5.60. The van der Waals surface area contributed by atoms with E-state index in [-0.39, 0.29) is 5.69 Å². The Bertz CT molecular complexity index is 1030. The van der Waals surface area contributed by atoms with Gasteiger partial charge < -0.3 is 9.47 Å². The van der Waals surface area contributed by atoms with Crippen molar-refractivity contribution in [2.75, 3.05) is 14.2 Å². The lowest BCUT2D eigenvalue weighted by atomic mass is 10.1. The fourth-order valence-corrected chi connectivity index (χ4v) is 2.87. The number of benzene rings is 2. The summed E-state index contributed by atoms with van der Waals surface area (Å²) in [7, 11) is 3.11. The van der Waals surface area contributed by atoms with Crippen molar-refractivity contribution in [1.82, 2.24) is 15.6 Å². The number of hydrogen-bond donors (Lipinski definition) is 2. The predicted octanol–water partition coefficient (Wildman–Crippen LogP) is 4.16. The number of hydrazone groups is 1. The molecule has 0 unspecified atom stereocenters. The van der Waals surface area contributed by atoms with E-state index in [0.29, 0.717) is 32.8 Å². The Kier molecular flexibility index (Phi) is 6.18. The maximum absolute atomic E-state index is 12.2. The summed E-state index contributed by atoms with van der Waals surface area (Å²) in [5.74, 6) is 0.731. The van der Waals surface area contributed by atoms with Crippen molar-refractivity contribution in [1.29, 1.82) is 0 Å². The van der Waals surface area contributed by atoms with Gasteiger partial charge in [0.25, 0.3) is 5.91 Å². The van der Waals surface area contributed by atoms with E-state index in [4.69, 9.17) is 32.7 Å². The van der Waals surface area contributed by atoms with Crippen LogP contribution in [0.3, 0.4) is 0 Å². The van der Waals surface area contributed by atoms with Gasteiger partial charge in [-0.3, -0.25) is 9.89 Å². The monoisotopic (exact) mass is 418 g/mol. The molecule has 1 heterocycles. The average molecular weight is 419 g/mol. The number of methoxy groups -OCH3 is 2. The summed E-state index contributed by atoms with van der Waals surface area (Å²) in [4.78, 5) is 12.2. The fourth-order valence-electron chi connectivity index (χ4n) is 2.41. The molecule has 0 fully saturated rings. The third kappa shape index (κ3) is 4.44. The molecule has 0 radical (unpaired) electrons. The normalized spacial score (nSPS) is 10.9. The number of amides is 1. The van der Waals surface area contributed by atoms with Crippen molar-refractivity contribution in [3.8, 4) is 22.8 Å². The molecule has 0 aliphatic heterocycles. The summed E-state index contributed by atoms with van der Waals surface area (Å²) in [5, 5.41) is 11.7. The number of nitrogens with zero attached hydrogens (tertiary/aromatic N) is 2. The maximum Gasteiger partial charge on any atom is 0.289 e. The predicted molar refractivity (Wildman–Crippen MR) is 109 cm³/mol. The van der Waals surface area contributed by atoms with Gasteiger partial charge in [-0.05, 0) is 36.4 Å². The van der Waals surface area contributed by atoms with Crippen molar-refractivity contribution < 1.29 is 14.3 Å².